The van der Waals surface area contributed by atoms with Crippen molar-refractivity contribution >= 4 is 11.3 Å². The number of aliphatic hydroxyl groups is 2. The Balaban J connectivity index is 2.40. The van der Waals surface area contributed by atoms with Crippen molar-refractivity contribution in [2.45, 2.75) is 25.7 Å². The molecule has 0 radical (unpaired) electrons. The van der Waals surface area contributed by atoms with Crippen LogP contribution in [0.4, 0.5) is 0 Å². The van der Waals surface area contributed by atoms with Crippen molar-refractivity contribution in [3.05, 3.63) is 51.5 Å². The van der Waals surface area contributed by atoms with Gasteiger partial charge in [0.25, 0.3) is 0 Å². The zero-order chi connectivity index (χ0) is 13.9. The minimum atomic E-state index is -0.661. The highest BCUT2D eigenvalue weighted by molar-refractivity contribution is 7.09. The lowest BCUT2D eigenvalue weighted by Gasteiger charge is -2.31. The number of benzene rings is 1. The fourth-order valence-corrected chi connectivity index (χ4v) is 3.04. The molecule has 0 unspecified atom stereocenters. The third-order valence-corrected chi connectivity index (χ3v) is 4.33. The van der Waals surface area contributed by atoms with Crippen molar-refractivity contribution in [3.63, 3.8) is 0 Å². The van der Waals surface area contributed by atoms with Crippen LogP contribution in [0.5, 0.6) is 0 Å². The summed E-state index contributed by atoms with van der Waals surface area (Å²) in [5, 5.41) is 22.7. The summed E-state index contributed by atoms with van der Waals surface area (Å²) in [5.41, 5.74) is 2.34. The van der Waals surface area contributed by atoms with E-state index in [1.165, 1.54) is 0 Å². The number of hydrogen-bond donors (Lipinski definition) is 2. The molecule has 0 aliphatic heterocycles. The van der Waals surface area contributed by atoms with Gasteiger partial charge in [-0.2, -0.15) is 0 Å². The number of aliphatic hydroxyl groups excluding tert-OH is 2. The van der Waals surface area contributed by atoms with Gasteiger partial charge < -0.3 is 10.2 Å². The Labute approximate surface area is 117 Å². The average Bonchev–Trinajstić information content (AvgIpc) is 2.82. The molecule has 2 N–H and O–H groups in total. The molecule has 0 amide bonds. The summed E-state index contributed by atoms with van der Waals surface area (Å²) in [5.74, 6) is 0. The Hall–Kier alpha value is -1.23. The van der Waals surface area contributed by atoms with E-state index in [0.717, 1.165) is 21.8 Å². The van der Waals surface area contributed by atoms with Gasteiger partial charge in [0.1, 0.15) is 0 Å². The zero-order valence-corrected chi connectivity index (χ0v) is 12.1. The molecule has 1 heterocycles. The van der Waals surface area contributed by atoms with Gasteiger partial charge in [0.15, 0.2) is 0 Å². The van der Waals surface area contributed by atoms with E-state index in [1.54, 1.807) is 11.3 Å². The van der Waals surface area contributed by atoms with Crippen LogP contribution in [0.2, 0.25) is 0 Å². The Kier molecular flexibility index (Phi) is 4.34. The van der Waals surface area contributed by atoms with Crippen molar-refractivity contribution in [1.29, 1.82) is 0 Å². The third-order valence-electron chi connectivity index (χ3n) is 3.51. The lowest BCUT2D eigenvalue weighted by molar-refractivity contribution is 0.115. The van der Waals surface area contributed by atoms with Crippen molar-refractivity contribution in [1.82, 2.24) is 4.98 Å². The molecule has 0 atom stereocenters. The highest BCUT2D eigenvalue weighted by Gasteiger charge is 2.33. The topological polar surface area (TPSA) is 53.4 Å². The van der Waals surface area contributed by atoms with E-state index in [0.29, 0.717) is 6.42 Å². The summed E-state index contributed by atoms with van der Waals surface area (Å²) in [6.07, 6.45) is 0.551. The maximum Gasteiger partial charge on any atom is 0.0897 e. The Bertz CT molecular complexity index is 547. The molecular formula is C15H19NO2S. The van der Waals surface area contributed by atoms with E-state index in [-0.39, 0.29) is 13.2 Å². The second-order valence-electron chi connectivity index (χ2n) is 4.95. The second kappa shape index (κ2) is 5.82. The van der Waals surface area contributed by atoms with Crippen molar-refractivity contribution < 1.29 is 10.2 Å². The molecule has 0 fully saturated rings. The van der Waals surface area contributed by atoms with E-state index in [9.17, 15) is 10.2 Å². The van der Waals surface area contributed by atoms with Crippen LogP contribution >= 0.6 is 11.3 Å². The monoisotopic (exact) mass is 277 g/mol. The summed E-state index contributed by atoms with van der Waals surface area (Å²) in [6.45, 7) is 3.78. The number of hydrogen-bond acceptors (Lipinski definition) is 4. The van der Waals surface area contributed by atoms with Gasteiger partial charge in [0.2, 0.25) is 0 Å². The molecule has 1 aromatic heterocycles. The van der Waals surface area contributed by atoms with Crippen LogP contribution in [0.15, 0.2) is 29.6 Å². The summed E-state index contributed by atoms with van der Waals surface area (Å²) in [6, 6.07) is 7.88. The third kappa shape index (κ3) is 2.86. The van der Waals surface area contributed by atoms with E-state index in [1.807, 2.05) is 43.5 Å². The first-order valence-corrected chi connectivity index (χ1v) is 7.18. The molecular weight excluding hydrogens is 258 g/mol. The molecule has 19 heavy (non-hydrogen) atoms. The SMILES string of the molecule is Cc1nc(CC(CO)(CO)c2ccccc2C)cs1. The van der Waals surface area contributed by atoms with Crippen LogP contribution in [0.25, 0.3) is 0 Å². The molecule has 0 aliphatic carbocycles. The molecule has 2 rings (SSSR count). The number of rotatable bonds is 5. The van der Waals surface area contributed by atoms with Crippen LogP contribution < -0.4 is 0 Å². The van der Waals surface area contributed by atoms with Gasteiger partial charge in [0.05, 0.1) is 23.9 Å². The quantitative estimate of drug-likeness (QED) is 0.881. The van der Waals surface area contributed by atoms with E-state index < -0.39 is 5.41 Å². The number of thiazole rings is 1. The first kappa shape index (κ1) is 14.2. The molecule has 4 heteroatoms. The van der Waals surface area contributed by atoms with Gasteiger partial charge in [-0.1, -0.05) is 24.3 Å². The molecule has 0 spiro atoms. The van der Waals surface area contributed by atoms with Crippen LogP contribution in [-0.4, -0.2) is 28.4 Å². The van der Waals surface area contributed by atoms with E-state index in [4.69, 9.17) is 0 Å². The minimum absolute atomic E-state index is 0.0923. The predicted molar refractivity (Wildman–Crippen MR) is 77.6 cm³/mol. The lowest BCUT2D eigenvalue weighted by atomic mass is 9.76. The minimum Gasteiger partial charge on any atom is -0.395 e. The molecule has 0 saturated heterocycles. The first-order chi connectivity index (χ1) is 9.11. The molecule has 0 saturated carbocycles. The van der Waals surface area contributed by atoms with Gasteiger partial charge >= 0.3 is 0 Å². The second-order valence-corrected chi connectivity index (χ2v) is 6.01. The fourth-order valence-electron chi connectivity index (χ4n) is 2.43. The molecule has 2 aromatic rings. The smallest absolute Gasteiger partial charge is 0.0897 e. The van der Waals surface area contributed by atoms with Crippen LogP contribution in [-0.2, 0) is 11.8 Å². The largest absolute Gasteiger partial charge is 0.395 e. The van der Waals surface area contributed by atoms with Crippen molar-refractivity contribution in [2.75, 3.05) is 13.2 Å². The number of aromatic nitrogens is 1. The Morgan fingerprint density at radius 3 is 2.37 bits per heavy atom. The predicted octanol–water partition coefficient (Wildman–Crippen LogP) is 2.23. The molecule has 3 nitrogen and oxygen atoms in total. The van der Waals surface area contributed by atoms with Crippen molar-refractivity contribution in [2.24, 2.45) is 0 Å². The molecule has 102 valence electrons. The van der Waals surface area contributed by atoms with E-state index >= 15 is 0 Å². The summed E-state index contributed by atoms with van der Waals surface area (Å²) < 4.78 is 0. The molecule has 0 aliphatic rings. The lowest BCUT2D eigenvalue weighted by Crippen LogP contribution is -2.38. The van der Waals surface area contributed by atoms with Crippen molar-refractivity contribution in [3.8, 4) is 0 Å². The average molecular weight is 277 g/mol. The highest BCUT2D eigenvalue weighted by Crippen LogP contribution is 2.30. The van der Waals surface area contributed by atoms with Crippen LogP contribution in [0.3, 0.4) is 0 Å². The Morgan fingerprint density at radius 2 is 1.84 bits per heavy atom. The standard InChI is InChI=1S/C15H19NO2S/c1-11-5-3-4-6-14(11)15(9-17,10-18)7-13-8-19-12(2)16-13/h3-6,8,17-18H,7,9-10H2,1-2H3. The summed E-state index contributed by atoms with van der Waals surface area (Å²) in [7, 11) is 0. The van der Waals surface area contributed by atoms with Gasteiger partial charge in [-0.3, -0.25) is 0 Å². The summed E-state index contributed by atoms with van der Waals surface area (Å²) >= 11 is 1.59. The van der Waals surface area contributed by atoms with Crippen LogP contribution in [0.1, 0.15) is 21.8 Å². The maximum absolute atomic E-state index is 9.84. The van der Waals surface area contributed by atoms with Gasteiger partial charge in [0, 0.05) is 17.2 Å². The number of aryl methyl sites for hydroxylation is 2. The maximum atomic E-state index is 9.84. The first-order valence-electron chi connectivity index (χ1n) is 6.30. The van der Waals surface area contributed by atoms with E-state index in [2.05, 4.69) is 4.98 Å². The fraction of sp³-hybridized carbons (Fsp3) is 0.400. The van der Waals surface area contributed by atoms with Gasteiger partial charge in [-0.15, -0.1) is 11.3 Å². The zero-order valence-electron chi connectivity index (χ0n) is 11.3. The highest BCUT2D eigenvalue weighted by atomic mass is 32.1. The molecule has 1 aromatic carbocycles. The molecule has 0 bridgehead atoms. The Morgan fingerprint density at radius 1 is 1.16 bits per heavy atom. The van der Waals surface area contributed by atoms with Gasteiger partial charge in [-0.05, 0) is 25.0 Å². The van der Waals surface area contributed by atoms with Gasteiger partial charge in [-0.25, -0.2) is 4.98 Å². The summed E-state index contributed by atoms with van der Waals surface area (Å²) in [4.78, 5) is 4.44. The van der Waals surface area contributed by atoms with Crippen LogP contribution in [0, 0.1) is 13.8 Å². The number of nitrogens with zero attached hydrogens (tertiary/aromatic N) is 1. The normalized spacial score (nSPS) is 11.8.